The molecule has 29 heavy (non-hydrogen) atoms. The van der Waals surface area contributed by atoms with Crippen LogP contribution in [0.4, 0.5) is 0 Å². The van der Waals surface area contributed by atoms with Crippen molar-refractivity contribution in [1.29, 1.82) is 0 Å². The van der Waals surface area contributed by atoms with Gasteiger partial charge in [-0.1, -0.05) is 35.5 Å². The largest absolute Gasteiger partial charge is 0.477 e. The van der Waals surface area contributed by atoms with E-state index in [1.54, 1.807) is 10.7 Å². The van der Waals surface area contributed by atoms with Gasteiger partial charge in [-0.2, -0.15) is 5.10 Å². The Morgan fingerprint density at radius 3 is 2.79 bits per heavy atom. The van der Waals surface area contributed by atoms with Crippen molar-refractivity contribution in [1.82, 2.24) is 19.3 Å². The molecule has 1 aromatic carbocycles. The number of nitrogens with zero attached hydrogens (tertiary/aromatic N) is 4. The first-order chi connectivity index (χ1) is 14.0. The van der Waals surface area contributed by atoms with Gasteiger partial charge in [0.2, 0.25) is 0 Å². The van der Waals surface area contributed by atoms with Crippen molar-refractivity contribution in [2.45, 2.75) is 28.7 Å². The number of carbonyl (C=O) groups is 1. The van der Waals surface area contributed by atoms with Crippen LogP contribution in [0.15, 0.2) is 58.7 Å². The van der Waals surface area contributed by atoms with E-state index < -0.39 is 5.97 Å². The van der Waals surface area contributed by atoms with Gasteiger partial charge in [0, 0.05) is 40.2 Å². The van der Waals surface area contributed by atoms with Gasteiger partial charge in [0.05, 0.1) is 17.4 Å². The van der Waals surface area contributed by atoms with E-state index in [2.05, 4.69) is 14.6 Å². The third-order valence-electron chi connectivity index (χ3n) is 4.98. The van der Waals surface area contributed by atoms with E-state index in [9.17, 15) is 9.90 Å². The normalized spacial score (nSPS) is 13.9. The molecule has 0 radical (unpaired) electrons. The molecule has 3 aromatic heterocycles. The zero-order chi connectivity index (χ0) is 20.1. The minimum atomic E-state index is -1.03. The van der Waals surface area contributed by atoms with Crippen LogP contribution in [0.1, 0.15) is 34.9 Å². The summed E-state index contributed by atoms with van der Waals surface area (Å²) in [6, 6.07) is 11.0. The Hall–Kier alpha value is -2.77. The Balaban J connectivity index is 1.74. The first-order valence-corrected chi connectivity index (χ1v) is 10.4. The van der Waals surface area contributed by atoms with Gasteiger partial charge in [-0.3, -0.25) is 4.68 Å². The lowest BCUT2D eigenvalue weighted by Gasteiger charge is -2.09. The van der Waals surface area contributed by atoms with Crippen molar-refractivity contribution in [3.05, 3.63) is 65.2 Å². The van der Waals surface area contributed by atoms with Crippen LogP contribution < -0.4 is 0 Å². The molecule has 0 amide bonds. The van der Waals surface area contributed by atoms with E-state index >= 15 is 0 Å². The number of hydrogen-bond donors (Lipinski definition) is 1. The van der Waals surface area contributed by atoms with E-state index in [-0.39, 0.29) is 5.69 Å². The van der Waals surface area contributed by atoms with E-state index in [1.165, 1.54) is 23.5 Å². The van der Waals surface area contributed by atoms with Gasteiger partial charge in [-0.25, -0.2) is 9.78 Å². The van der Waals surface area contributed by atoms with Crippen molar-refractivity contribution in [2.75, 3.05) is 0 Å². The minimum absolute atomic E-state index is 0.0435. The zero-order valence-corrected chi connectivity index (χ0v) is 17.1. The fourth-order valence-electron chi connectivity index (χ4n) is 3.58. The van der Waals surface area contributed by atoms with Crippen molar-refractivity contribution in [3.63, 3.8) is 0 Å². The average molecular weight is 425 g/mol. The first-order valence-electron chi connectivity index (χ1n) is 9.22. The summed E-state index contributed by atoms with van der Waals surface area (Å²) in [7, 11) is 1.90. The molecule has 5 rings (SSSR count). The minimum Gasteiger partial charge on any atom is -0.477 e. The van der Waals surface area contributed by atoms with Gasteiger partial charge in [0.25, 0.3) is 0 Å². The summed E-state index contributed by atoms with van der Waals surface area (Å²) in [5, 5.41) is 16.0. The van der Waals surface area contributed by atoms with Crippen LogP contribution in [-0.4, -0.2) is 30.4 Å². The van der Waals surface area contributed by atoms with Crippen LogP contribution in [-0.2, 0) is 7.05 Å². The number of hydrogen-bond acceptors (Lipinski definition) is 4. The lowest BCUT2D eigenvalue weighted by atomic mass is 10.2. The summed E-state index contributed by atoms with van der Waals surface area (Å²) < 4.78 is 4.02. The molecule has 3 heterocycles. The molecule has 1 N–H and O–H groups in total. The Morgan fingerprint density at radius 2 is 2.10 bits per heavy atom. The van der Waals surface area contributed by atoms with Crippen molar-refractivity contribution >= 4 is 40.2 Å². The zero-order valence-electron chi connectivity index (χ0n) is 15.5. The summed E-state index contributed by atoms with van der Waals surface area (Å²) in [4.78, 5) is 16.7. The maximum atomic E-state index is 11.3. The molecule has 0 atom stereocenters. The van der Waals surface area contributed by atoms with E-state index in [0.717, 1.165) is 34.3 Å². The molecular weight excluding hydrogens is 408 g/mol. The highest BCUT2D eigenvalue weighted by atomic mass is 35.5. The van der Waals surface area contributed by atoms with Gasteiger partial charge >= 0.3 is 5.97 Å². The van der Waals surface area contributed by atoms with E-state index in [4.69, 9.17) is 11.6 Å². The molecule has 1 fully saturated rings. The Bertz CT molecular complexity index is 1260. The maximum Gasteiger partial charge on any atom is 0.354 e. The number of carboxylic acids is 1. The molecular formula is C21H17ClN4O2S. The molecule has 1 saturated carbocycles. The van der Waals surface area contributed by atoms with Crippen LogP contribution in [0.5, 0.6) is 0 Å². The molecule has 0 saturated heterocycles. The monoisotopic (exact) mass is 424 g/mol. The lowest BCUT2D eigenvalue weighted by molar-refractivity contribution is 0.0689. The van der Waals surface area contributed by atoms with Gasteiger partial charge in [0.15, 0.2) is 0 Å². The predicted octanol–water partition coefficient (Wildman–Crippen LogP) is 5.14. The fourth-order valence-corrected chi connectivity index (χ4v) is 4.89. The Morgan fingerprint density at radius 1 is 1.28 bits per heavy atom. The predicted molar refractivity (Wildman–Crippen MR) is 112 cm³/mol. The van der Waals surface area contributed by atoms with E-state index in [0.29, 0.717) is 16.0 Å². The van der Waals surface area contributed by atoms with Crippen LogP contribution in [0.3, 0.4) is 0 Å². The summed E-state index contributed by atoms with van der Waals surface area (Å²) in [5.41, 5.74) is 3.26. The van der Waals surface area contributed by atoms with Crippen LogP contribution in [0, 0.1) is 0 Å². The summed E-state index contributed by atoms with van der Waals surface area (Å²) in [5.74, 6) is -0.578. The third-order valence-corrected chi connectivity index (χ3v) is 6.29. The maximum absolute atomic E-state index is 11.3. The van der Waals surface area contributed by atoms with Crippen LogP contribution in [0.25, 0.3) is 16.6 Å². The van der Waals surface area contributed by atoms with Gasteiger partial charge in [0.1, 0.15) is 10.7 Å². The molecule has 8 heteroatoms. The summed E-state index contributed by atoms with van der Waals surface area (Å²) in [6.45, 7) is 0. The lowest BCUT2D eigenvalue weighted by Crippen LogP contribution is -2.00. The number of aromatic nitrogens is 4. The number of fused-ring (bicyclic) bond motifs is 1. The van der Waals surface area contributed by atoms with Gasteiger partial charge < -0.3 is 9.67 Å². The quantitative estimate of drug-likeness (QED) is 0.480. The molecule has 0 aliphatic heterocycles. The summed E-state index contributed by atoms with van der Waals surface area (Å²) >= 11 is 7.84. The highest BCUT2D eigenvalue weighted by Gasteiger charge is 2.33. The third kappa shape index (κ3) is 3.30. The standard InChI is InChI=1S/C21H17ClN4O2S/c1-25-11-14(10-23-25)26-17-9-13(22)7-8-15(17)20(19(26)12-5-6-12)29-18-4-2-3-16(24-18)21(27)28/h2-4,7-12H,5-6H2,1H3,(H,27,28). The number of carboxylic acid groups (broad SMARTS) is 1. The number of rotatable bonds is 5. The fraction of sp³-hybridized carbons (Fsp3) is 0.190. The van der Waals surface area contributed by atoms with Crippen molar-refractivity contribution in [2.24, 2.45) is 7.05 Å². The SMILES string of the molecule is Cn1cc(-n2c(C3CC3)c(Sc3cccc(C(=O)O)n3)c3ccc(Cl)cc32)cn1. The molecule has 1 aliphatic carbocycles. The van der Waals surface area contributed by atoms with Crippen LogP contribution in [0.2, 0.25) is 5.02 Å². The number of pyridine rings is 1. The molecule has 4 aromatic rings. The topological polar surface area (TPSA) is 72.9 Å². The second-order valence-corrected chi connectivity index (χ2v) is 8.59. The first kappa shape index (κ1) is 18.3. The number of aryl methyl sites for hydroxylation is 1. The second-order valence-electron chi connectivity index (χ2n) is 7.13. The Kier molecular flexibility index (Phi) is 4.37. The average Bonchev–Trinajstić information content (AvgIpc) is 3.38. The van der Waals surface area contributed by atoms with Crippen molar-refractivity contribution in [3.8, 4) is 5.69 Å². The second kappa shape index (κ2) is 6.93. The van der Waals surface area contributed by atoms with Crippen molar-refractivity contribution < 1.29 is 9.90 Å². The highest BCUT2D eigenvalue weighted by Crippen LogP contribution is 2.50. The highest BCUT2D eigenvalue weighted by molar-refractivity contribution is 7.99. The molecule has 6 nitrogen and oxygen atoms in total. The van der Waals surface area contributed by atoms with Crippen LogP contribution >= 0.6 is 23.4 Å². The molecule has 1 aliphatic rings. The molecule has 0 bridgehead atoms. The number of aromatic carboxylic acids is 1. The smallest absolute Gasteiger partial charge is 0.354 e. The van der Waals surface area contributed by atoms with Gasteiger partial charge in [-0.15, -0.1) is 0 Å². The molecule has 146 valence electrons. The molecule has 0 spiro atoms. The number of benzene rings is 1. The Labute approximate surface area is 176 Å². The molecule has 0 unspecified atom stereocenters. The van der Waals surface area contributed by atoms with Gasteiger partial charge in [-0.05, 0) is 37.1 Å². The van der Waals surface area contributed by atoms with E-state index in [1.807, 2.05) is 43.7 Å². The summed E-state index contributed by atoms with van der Waals surface area (Å²) in [6.07, 6.45) is 6.09. The number of halogens is 1.